The molecule has 4 N–H and O–H groups in total. The SMILES string of the molecule is CCCCNC(=O)[C@H](Cc1ccc(O)cc1)NC(=O)CCC(=O)O. The minimum Gasteiger partial charge on any atom is -0.508 e. The van der Waals surface area contributed by atoms with Gasteiger partial charge in [-0.25, -0.2) is 0 Å². The Bertz CT molecular complexity index is 557. The lowest BCUT2D eigenvalue weighted by atomic mass is 10.0. The molecule has 0 saturated heterocycles. The van der Waals surface area contributed by atoms with Crippen molar-refractivity contribution in [3.8, 4) is 5.75 Å². The van der Waals surface area contributed by atoms with Crippen LogP contribution in [0.5, 0.6) is 5.75 Å². The summed E-state index contributed by atoms with van der Waals surface area (Å²) in [6, 6.07) is 5.57. The number of carbonyl (C=O) groups excluding carboxylic acids is 2. The van der Waals surface area contributed by atoms with Crippen molar-refractivity contribution in [1.29, 1.82) is 0 Å². The molecule has 0 heterocycles. The van der Waals surface area contributed by atoms with Crippen LogP contribution in [0, 0.1) is 0 Å². The van der Waals surface area contributed by atoms with Crippen molar-refractivity contribution in [2.24, 2.45) is 0 Å². The number of hydrogen-bond acceptors (Lipinski definition) is 4. The quantitative estimate of drug-likeness (QED) is 0.479. The van der Waals surface area contributed by atoms with Gasteiger partial charge in [0.1, 0.15) is 11.8 Å². The Labute approximate surface area is 141 Å². The van der Waals surface area contributed by atoms with E-state index in [9.17, 15) is 19.5 Å². The average Bonchev–Trinajstić information content (AvgIpc) is 2.54. The van der Waals surface area contributed by atoms with Gasteiger partial charge in [0, 0.05) is 19.4 Å². The molecule has 0 unspecified atom stereocenters. The zero-order chi connectivity index (χ0) is 17.9. The van der Waals surface area contributed by atoms with Gasteiger partial charge in [-0.3, -0.25) is 14.4 Å². The molecule has 24 heavy (non-hydrogen) atoms. The molecule has 0 spiro atoms. The molecule has 0 aromatic heterocycles. The van der Waals surface area contributed by atoms with Crippen LogP contribution < -0.4 is 10.6 Å². The molecule has 2 amide bonds. The van der Waals surface area contributed by atoms with Gasteiger partial charge < -0.3 is 20.8 Å². The van der Waals surface area contributed by atoms with Gasteiger partial charge in [-0.2, -0.15) is 0 Å². The van der Waals surface area contributed by atoms with Crippen LogP contribution in [-0.4, -0.2) is 40.6 Å². The second-order valence-corrected chi connectivity index (χ2v) is 5.53. The molecular formula is C17H24N2O5. The number of carbonyl (C=O) groups is 3. The van der Waals surface area contributed by atoms with E-state index in [0.717, 1.165) is 18.4 Å². The number of carboxylic acid groups (broad SMARTS) is 1. The van der Waals surface area contributed by atoms with Crippen molar-refractivity contribution in [3.05, 3.63) is 29.8 Å². The van der Waals surface area contributed by atoms with Gasteiger partial charge in [0.05, 0.1) is 6.42 Å². The number of unbranched alkanes of at least 4 members (excludes halogenated alkanes) is 1. The Kier molecular flexibility index (Phi) is 8.32. The topological polar surface area (TPSA) is 116 Å². The van der Waals surface area contributed by atoms with E-state index in [0.29, 0.717) is 6.54 Å². The third-order valence-electron chi connectivity index (χ3n) is 3.42. The summed E-state index contributed by atoms with van der Waals surface area (Å²) < 4.78 is 0. The van der Waals surface area contributed by atoms with E-state index in [4.69, 9.17) is 5.11 Å². The van der Waals surface area contributed by atoms with Gasteiger partial charge in [0.25, 0.3) is 0 Å². The third kappa shape index (κ3) is 7.62. The maximum Gasteiger partial charge on any atom is 0.303 e. The lowest BCUT2D eigenvalue weighted by molar-refractivity contribution is -0.139. The molecule has 1 aromatic carbocycles. The lowest BCUT2D eigenvalue weighted by Gasteiger charge is -2.18. The standard InChI is InChI=1S/C17H24N2O5/c1-2-3-10-18-17(24)14(19-15(21)8-9-16(22)23)11-12-4-6-13(20)7-5-12/h4-7,14,20H,2-3,8-11H2,1H3,(H,18,24)(H,19,21)(H,22,23)/t14-/m0/s1. The second kappa shape index (κ2) is 10.3. The summed E-state index contributed by atoms with van der Waals surface area (Å²) >= 11 is 0. The molecule has 0 radical (unpaired) electrons. The maximum atomic E-state index is 12.3. The summed E-state index contributed by atoms with van der Waals surface area (Å²) in [6.07, 6.45) is 1.58. The minimum atomic E-state index is -1.06. The fraction of sp³-hybridized carbons (Fsp3) is 0.471. The van der Waals surface area contributed by atoms with Gasteiger partial charge in [-0.05, 0) is 24.1 Å². The monoisotopic (exact) mass is 336 g/mol. The molecule has 0 saturated carbocycles. The molecule has 7 heteroatoms. The van der Waals surface area contributed by atoms with E-state index >= 15 is 0 Å². The number of rotatable bonds is 10. The number of carboxylic acids is 1. The molecule has 1 atom stereocenters. The van der Waals surface area contributed by atoms with Crippen LogP contribution in [0.25, 0.3) is 0 Å². The molecule has 0 bridgehead atoms. The molecule has 1 aromatic rings. The Morgan fingerprint density at radius 3 is 2.38 bits per heavy atom. The molecule has 1 rings (SSSR count). The minimum absolute atomic E-state index is 0.119. The fourth-order valence-electron chi connectivity index (χ4n) is 2.08. The molecule has 7 nitrogen and oxygen atoms in total. The van der Waals surface area contributed by atoms with Crippen LogP contribution in [-0.2, 0) is 20.8 Å². The van der Waals surface area contributed by atoms with E-state index in [2.05, 4.69) is 10.6 Å². The van der Waals surface area contributed by atoms with Crippen molar-refractivity contribution in [1.82, 2.24) is 10.6 Å². The number of aliphatic carboxylic acids is 1. The highest BCUT2D eigenvalue weighted by atomic mass is 16.4. The van der Waals surface area contributed by atoms with Crippen LogP contribution in [0.15, 0.2) is 24.3 Å². The number of nitrogens with one attached hydrogen (secondary N) is 2. The Morgan fingerprint density at radius 1 is 1.12 bits per heavy atom. The first kappa shape index (κ1) is 19.5. The highest BCUT2D eigenvalue weighted by Gasteiger charge is 2.21. The van der Waals surface area contributed by atoms with Gasteiger partial charge in [-0.1, -0.05) is 25.5 Å². The van der Waals surface area contributed by atoms with E-state index < -0.39 is 17.9 Å². The van der Waals surface area contributed by atoms with E-state index in [1.165, 1.54) is 12.1 Å². The Morgan fingerprint density at radius 2 is 1.79 bits per heavy atom. The Hall–Kier alpha value is -2.57. The fourth-order valence-corrected chi connectivity index (χ4v) is 2.08. The van der Waals surface area contributed by atoms with Crippen molar-refractivity contribution in [3.63, 3.8) is 0 Å². The number of hydrogen-bond donors (Lipinski definition) is 4. The van der Waals surface area contributed by atoms with Crippen molar-refractivity contribution >= 4 is 17.8 Å². The van der Waals surface area contributed by atoms with Gasteiger partial charge in [0.15, 0.2) is 0 Å². The second-order valence-electron chi connectivity index (χ2n) is 5.53. The van der Waals surface area contributed by atoms with Gasteiger partial charge in [0.2, 0.25) is 11.8 Å². The predicted molar refractivity (Wildman–Crippen MR) is 88.5 cm³/mol. The largest absolute Gasteiger partial charge is 0.508 e. The average molecular weight is 336 g/mol. The smallest absolute Gasteiger partial charge is 0.303 e. The van der Waals surface area contributed by atoms with E-state index in [1.807, 2.05) is 6.92 Å². The Balaban J connectivity index is 2.70. The first-order valence-electron chi connectivity index (χ1n) is 7.99. The van der Waals surface area contributed by atoms with E-state index in [-0.39, 0.29) is 30.9 Å². The number of phenols is 1. The normalized spacial score (nSPS) is 11.5. The van der Waals surface area contributed by atoms with Crippen molar-refractivity contribution in [2.45, 2.75) is 45.1 Å². The van der Waals surface area contributed by atoms with Crippen LogP contribution in [0.4, 0.5) is 0 Å². The summed E-state index contributed by atoms with van der Waals surface area (Å²) in [4.78, 5) is 34.7. The molecular weight excluding hydrogens is 312 g/mol. The zero-order valence-corrected chi connectivity index (χ0v) is 13.7. The van der Waals surface area contributed by atoms with Crippen molar-refractivity contribution < 1.29 is 24.6 Å². The summed E-state index contributed by atoms with van der Waals surface area (Å²) in [5.74, 6) is -1.73. The zero-order valence-electron chi connectivity index (χ0n) is 13.7. The molecule has 0 aliphatic heterocycles. The van der Waals surface area contributed by atoms with Crippen LogP contribution in [0.3, 0.4) is 0 Å². The first-order valence-corrected chi connectivity index (χ1v) is 7.99. The van der Waals surface area contributed by atoms with Crippen molar-refractivity contribution in [2.75, 3.05) is 6.54 Å². The number of benzene rings is 1. The lowest BCUT2D eigenvalue weighted by Crippen LogP contribution is -2.48. The van der Waals surface area contributed by atoms with E-state index in [1.54, 1.807) is 12.1 Å². The molecule has 0 fully saturated rings. The highest BCUT2D eigenvalue weighted by Crippen LogP contribution is 2.11. The summed E-state index contributed by atoms with van der Waals surface area (Å²) in [5, 5.41) is 23.3. The summed E-state index contributed by atoms with van der Waals surface area (Å²) in [5.41, 5.74) is 0.780. The number of amides is 2. The highest BCUT2D eigenvalue weighted by molar-refractivity contribution is 5.88. The van der Waals surface area contributed by atoms with Crippen LogP contribution in [0.2, 0.25) is 0 Å². The van der Waals surface area contributed by atoms with Gasteiger partial charge in [-0.15, -0.1) is 0 Å². The number of phenolic OH excluding ortho intramolecular Hbond substituents is 1. The van der Waals surface area contributed by atoms with Crippen LogP contribution in [0.1, 0.15) is 38.2 Å². The number of aromatic hydroxyl groups is 1. The van der Waals surface area contributed by atoms with Gasteiger partial charge >= 0.3 is 5.97 Å². The first-order chi connectivity index (χ1) is 11.4. The predicted octanol–water partition coefficient (Wildman–Crippen LogP) is 1.20. The molecule has 0 aliphatic rings. The molecule has 132 valence electrons. The summed E-state index contributed by atoms with van der Waals surface area (Å²) in [6.45, 7) is 2.53. The molecule has 0 aliphatic carbocycles. The third-order valence-corrected chi connectivity index (χ3v) is 3.42. The summed E-state index contributed by atoms with van der Waals surface area (Å²) in [7, 11) is 0. The maximum absolute atomic E-state index is 12.3. The van der Waals surface area contributed by atoms with Crippen LogP contribution >= 0.6 is 0 Å².